The SMILES string of the molecule is O=[N+]([O-])c1cnc(NCc2ccc(Cl)cc2Cl)s1. The van der Waals surface area contributed by atoms with Crippen molar-refractivity contribution in [2.24, 2.45) is 0 Å². The number of hydrogen-bond acceptors (Lipinski definition) is 5. The second kappa shape index (κ2) is 5.51. The lowest BCUT2D eigenvalue weighted by molar-refractivity contribution is -0.380. The van der Waals surface area contributed by atoms with Crippen LogP contribution in [0.1, 0.15) is 5.56 Å². The predicted molar refractivity (Wildman–Crippen MR) is 72.6 cm³/mol. The van der Waals surface area contributed by atoms with Gasteiger partial charge in [0.05, 0.1) is 4.92 Å². The van der Waals surface area contributed by atoms with Gasteiger partial charge in [0.15, 0.2) is 5.13 Å². The number of nitrogens with one attached hydrogen (secondary N) is 1. The van der Waals surface area contributed by atoms with Gasteiger partial charge in [-0.2, -0.15) is 0 Å². The Morgan fingerprint density at radius 2 is 2.22 bits per heavy atom. The van der Waals surface area contributed by atoms with Gasteiger partial charge in [-0.15, -0.1) is 0 Å². The number of hydrogen-bond donors (Lipinski definition) is 1. The van der Waals surface area contributed by atoms with Crippen molar-refractivity contribution < 1.29 is 4.92 Å². The zero-order valence-corrected chi connectivity index (χ0v) is 11.2. The first-order chi connectivity index (χ1) is 8.56. The first-order valence-electron chi connectivity index (χ1n) is 4.84. The Hall–Kier alpha value is -1.37. The van der Waals surface area contributed by atoms with Gasteiger partial charge in [-0.05, 0) is 29.0 Å². The van der Waals surface area contributed by atoms with Crippen molar-refractivity contribution in [2.75, 3.05) is 5.32 Å². The average molecular weight is 304 g/mol. The van der Waals surface area contributed by atoms with Crippen LogP contribution in [-0.4, -0.2) is 9.91 Å². The quantitative estimate of drug-likeness (QED) is 0.685. The number of nitro groups is 1. The smallest absolute Gasteiger partial charge is 0.345 e. The van der Waals surface area contributed by atoms with Crippen molar-refractivity contribution in [3.63, 3.8) is 0 Å². The molecule has 0 fully saturated rings. The number of benzene rings is 1. The first kappa shape index (κ1) is 13.1. The minimum Gasteiger partial charge on any atom is -0.357 e. The minimum atomic E-state index is -0.474. The van der Waals surface area contributed by atoms with Gasteiger partial charge in [-0.3, -0.25) is 10.1 Å². The largest absolute Gasteiger partial charge is 0.357 e. The highest BCUT2D eigenvalue weighted by Gasteiger charge is 2.11. The summed E-state index contributed by atoms with van der Waals surface area (Å²) >= 11 is 12.8. The van der Waals surface area contributed by atoms with Crippen LogP contribution in [0.15, 0.2) is 24.4 Å². The predicted octanol–water partition coefficient (Wildman–Crippen LogP) is 3.97. The molecule has 0 bridgehead atoms. The standard InChI is InChI=1S/C10H7Cl2N3O2S/c11-7-2-1-6(8(12)3-7)4-13-10-14-5-9(18-10)15(16)17/h1-3,5H,4H2,(H,13,14). The maximum Gasteiger partial charge on any atom is 0.345 e. The second-order valence-corrected chi connectivity index (χ2v) is 5.20. The molecule has 0 saturated heterocycles. The molecular weight excluding hydrogens is 297 g/mol. The molecule has 0 aliphatic carbocycles. The number of rotatable bonds is 4. The number of aromatic nitrogens is 1. The maximum atomic E-state index is 10.5. The molecule has 94 valence electrons. The molecule has 0 aliphatic heterocycles. The second-order valence-electron chi connectivity index (χ2n) is 3.35. The zero-order chi connectivity index (χ0) is 13.1. The molecule has 18 heavy (non-hydrogen) atoms. The lowest BCUT2D eigenvalue weighted by Gasteiger charge is -2.05. The van der Waals surface area contributed by atoms with Gasteiger partial charge < -0.3 is 5.32 Å². The summed E-state index contributed by atoms with van der Waals surface area (Å²) in [5, 5.41) is 15.0. The van der Waals surface area contributed by atoms with E-state index >= 15 is 0 Å². The van der Waals surface area contributed by atoms with Gasteiger partial charge in [0, 0.05) is 16.6 Å². The molecule has 0 unspecified atom stereocenters. The Kier molecular flexibility index (Phi) is 4.00. The highest BCUT2D eigenvalue weighted by Crippen LogP contribution is 2.26. The van der Waals surface area contributed by atoms with Crippen LogP contribution in [-0.2, 0) is 6.54 Å². The monoisotopic (exact) mass is 303 g/mol. The fourth-order valence-corrected chi connectivity index (χ4v) is 2.37. The summed E-state index contributed by atoms with van der Waals surface area (Å²) < 4.78 is 0. The number of nitrogens with zero attached hydrogens (tertiary/aromatic N) is 2. The van der Waals surface area contributed by atoms with Crippen molar-refractivity contribution in [1.29, 1.82) is 0 Å². The normalized spacial score (nSPS) is 10.3. The summed E-state index contributed by atoms with van der Waals surface area (Å²) in [6, 6.07) is 5.17. The summed E-state index contributed by atoms with van der Waals surface area (Å²) in [4.78, 5) is 13.9. The van der Waals surface area contributed by atoms with Crippen LogP contribution >= 0.6 is 34.5 Å². The molecule has 0 saturated carbocycles. The topological polar surface area (TPSA) is 68.1 Å². The van der Waals surface area contributed by atoms with Crippen LogP contribution in [0.2, 0.25) is 10.0 Å². The lowest BCUT2D eigenvalue weighted by Crippen LogP contribution is -1.99. The van der Waals surface area contributed by atoms with E-state index in [1.54, 1.807) is 18.2 Å². The fourth-order valence-electron chi connectivity index (χ4n) is 1.27. The summed E-state index contributed by atoms with van der Waals surface area (Å²) in [6.07, 6.45) is 1.22. The third-order valence-corrected chi connectivity index (χ3v) is 3.61. The van der Waals surface area contributed by atoms with E-state index in [0.717, 1.165) is 16.9 Å². The molecule has 0 spiro atoms. The number of thiazole rings is 1. The molecule has 1 aromatic carbocycles. The molecule has 0 atom stereocenters. The molecule has 1 N–H and O–H groups in total. The summed E-state index contributed by atoms with van der Waals surface area (Å²) in [5.41, 5.74) is 0.846. The van der Waals surface area contributed by atoms with Crippen LogP contribution in [0.3, 0.4) is 0 Å². The Morgan fingerprint density at radius 3 is 2.83 bits per heavy atom. The average Bonchev–Trinajstić information content (AvgIpc) is 2.76. The minimum absolute atomic E-state index is 0.000275. The van der Waals surface area contributed by atoms with E-state index in [0.29, 0.717) is 21.7 Å². The molecule has 0 aliphatic rings. The molecule has 8 heteroatoms. The third kappa shape index (κ3) is 3.10. The van der Waals surface area contributed by atoms with Crippen molar-refractivity contribution in [2.45, 2.75) is 6.54 Å². The lowest BCUT2D eigenvalue weighted by atomic mass is 10.2. The Labute approximate surface area is 117 Å². The summed E-state index contributed by atoms with van der Waals surface area (Å²) in [5.74, 6) is 0. The van der Waals surface area contributed by atoms with E-state index in [1.165, 1.54) is 6.20 Å². The number of anilines is 1. The fraction of sp³-hybridized carbons (Fsp3) is 0.100. The van der Waals surface area contributed by atoms with Crippen LogP contribution in [0.4, 0.5) is 10.1 Å². The molecule has 0 amide bonds. The molecule has 2 aromatic rings. The maximum absolute atomic E-state index is 10.5. The molecule has 0 radical (unpaired) electrons. The third-order valence-electron chi connectivity index (χ3n) is 2.12. The molecular formula is C10H7Cl2N3O2S. The molecule has 1 heterocycles. The molecule has 2 rings (SSSR count). The highest BCUT2D eigenvalue weighted by atomic mass is 35.5. The van der Waals surface area contributed by atoms with E-state index in [2.05, 4.69) is 10.3 Å². The Balaban J connectivity index is 2.04. The number of halogens is 2. The van der Waals surface area contributed by atoms with Crippen LogP contribution in [0.5, 0.6) is 0 Å². The van der Waals surface area contributed by atoms with Crippen LogP contribution < -0.4 is 5.32 Å². The van der Waals surface area contributed by atoms with E-state index in [4.69, 9.17) is 23.2 Å². The van der Waals surface area contributed by atoms with E-state index in [1.807, 2.05) is 0 Å². The molecule has 5 nitrogen and oxygen atoms in total. The highest BCUT2D eigenvalue weighted by molar-refractivity contribution is 7.18. The first-order valence-corrected chi connectivity index (χ1v) is 6.41. The summed E-state index contributed by atoms with van der Waals surface area (Å²) in [7, 11) is 0. The van der Waals surface area contributed by atoms with Gasteiger partial charge in [-0.25, -0.2) is 4.98 Å². The Bertz CT molecular complexity index is 588. The van der Waals surface area contributed by atoms with Gasteiger partial charge >= 0.3 is 5.00 Å². The van der Waals surface area contributed by atoms with Crippen molar-refractivity contribution >= 4 is 44.7 Å². The Morgan fingerprint density at radius 1 is 1.44 bits per heavy atom. The van der Waals surface area contributed by atoms with E-state index in [9.17, 15) is 10.1 Å². The van der Waals surface area contributed by atoms with Gasteiger partial charge in [0.2, 0.25) is 0 Å². The van der Waals surface area contributed by atoms with Gasteiger partial charge in [-0.1, -0.05) is 29.3 Å². The van der Waals surface area contributed by atoms with E-state index in [-0.39, 0.29) is 5.00 Å². The van der Waals surface area contributed by atoms with Crippen molar-refractivity contribution in [3.05, 3.63) is 50.1 Å². The van der Waals surface area contributed by atoms with Crippen LogP contribution in [0, 0.1) is 10.1 Å². The van der Waals surface area contributed by atoms with Gasteiger partial charge in [0.25, 0.3) is 0 Å². The zero-order valence-electron chi connectivity index (χ0n) is 8.89. The summed E-state index contributed by atoms with van der Waals surface area (Å²) in [6.45, 7) is 0.431. The van der Waals surface area contributed by atoms with Crippen LogP contribution in [0.25, 0.3) is 0 Å². The molecule has 1 aromatic heterocycles. The van der Waals surface area contributed by atoms with Crippen molar-refractivity contribution in [3.8, 4) is 0 Å². The van der Waals surface area contributed by atoms with E-state index < -0.39 is 4.92 Å². The van der Waals surface area contributed by atoms with Crippen molar-refractivity contribution in [1.82, 2.24) is 4.98 Å². The van der Waals surface area contributed by atoms with Gasteiger partial charge in [0.1, 0.15) is 6.20 Å².